The molecule has 0 aromatic carbocycles. The maximum Gasteiger partial charge on any atom is 0.404 e. The molecular weight excluding hydrogens is 221 g/mol. The van der Waals surface area contributed by atoms with Gasteiger partial charge in [0, 0.05) is 6.54 Å². The molecule has 1 fully saturated rings. The lowest BCUT2D eigenvalue weighted by atomic mass is 9.93. The molecule has 0 bridgehead atoms. The maximum absolute atomic E-state index is 12.8. The van der Waals surface area contributed by atoms with Crippen molar-refractivity contribution >= 4 is 0 Å². The molecule has 1 saturated heterocycles. The normalized spacial score (nSPS) is 30.4. The zero-order chi connectivity index (χ0) is 12.4. The van der Waals surface area contributed by atoms with Gasteiger partial charge in [0.2, 0.25) is 0 Å². The molecule has 0 radical (unpaired) electrons. The lowest BCUT2D eigenvalue weighted by molar-refractivity contribution is -0.196. The summed E-state index contributed by atoms with van der Waals surface area (Å²) in [7, 11) is 0. The highest BCUT2D eigenvalue weighted by atomic mass is 19.4. The highest BCUT2D eigenvalue weighted by Crippen LogP contribution is 2.31. The van der Waals surface area contributed by atoms with Crippen molar-refractivity contribution in [1.82, 2.24) is 4.90 Å². The predicted octanol–water partition coefficient (Wildman–Crippen LogP) is 1.11. The van der Waals surface area contributed by atoms with Crippen LogP contribution in [0.2, 0.25) is 0 Å². The van der Waals surface area contributed by atoms with Crippen molar-refractivity contribution < 1.29 is 18.3 Å². The number of nitrogens with zero attached hydrogens (tertiary/aromatic N) is 1. The second kappa shape index (κ2) is 4.89. The van der Waals surface area contributed by atoms with Gasteiger partial charge in [0.1, 0.15) is 6.04 Å². The van der Waals surface area contributed by atoms with E-state index in [-0.39, 0.29) is 19.5 Å². The van der Waals surface area contributed by atoms with Gasteiger partial charge in [0.15, 0.2) is 0 Å². The lowest BCUT2D eigenvalue weighted by Crippen LogP contribution is -2.55. The standard InChI is InChI=1S/C10H19F3N2O/c1-9(16)4-2-6-15(7-9)8(3-5-14)10(11,12)13/h8,16H,2-7,14H2,1H3. The van der Waals surface area contributed by atoms with E-state index in [1.807, 2.05) is 0 Å². The minimum atomic E-state index is -4.27. The van der Waals surface area contributed by atoms with Crippen LogP contribution in [0.1, 0.15) is 26.2 Å². The summed E-state index contributed by atoms with van der Waals surface area (Å²) in [5, 5.41) is 9.79. The first-order valence-corrected chi connectivity index (χ1v) is 5.49. The molecule has 3 nitrogen and oxygen atoms in total. The summed E-state index contributed by atoms with van der Waals surface area (Å²) in [5.74, 6) is 0. The van der Waals surface area contributed by atoms with Gasteiger partial charge >= 0.3 is 6.18 Å². The molecule has 0 aromatic heterocycles. The monoisotopic (exact) mass is 240 g/mol. The summed E-state index contributed by atoms with van der Waals surface area (Å²) < 4.78 is 38.3. The van der Waals surface area contributed by atoms with Crippen molar-refractivity contribution in [3.05, 3.63) is 0 Å². The van der Waals surface area contributed by atoms with Gasteiger partial charge in [-0.3, -0.25) is 4.90 Å². The number of likely N-dealkylation sites (tertiary alicyclic amines) is 1. The molecule has 0 spiro atoms. The number of hydrogen-bond donors (Lipinski definition) is 2. The van der Waals surface area contributed by atoms with Crippen molar-refractivity contribution in [3.8, 4) is 0 Å². The van der Waals surface area contributed by atoms with Crippen molar-refractivity contribution in [2.45, 2.75) is 44.0 Å². The number of halogens is 3. The Morgan fingerprint density at radius 3 is 2.56 bits per heavy atom. The average Bonchev–Trinajstić information content (AvgIpc) is 2.10. The van der Waals surface area contributed by atoms with Crippen LogP contribution in [0.15, 0.2) is 0 Å². The van der Waals surface area contributed by atoms with Gasteiger partial charge in [-0.25, -0.2) is 0 Å². The average molecular weight is 240 g/mol. The Morgan fingerprint density at radius 1 is 1.50 bits per heavy atom. The van der Waals surface area contributed by atoms with Crippen LogP contribution >= 0.6 is 0 Å². The summed E-state index contributed by atoms with van der Waals surface area (Å²) in [5.41, 5.74) is 4.19. The van der Waals surface area contributed by atoms with E-state index in [9.17, 15) is 18.3 Å². The Hall–Kier alpha value is -0.330. The third-order valence-corrected chi connectivity index (χ3v) is 2.96. The molecule has 6 heteroatoms. The third kappa shape index (κ3) is 3.61. The second-order valence-electron chi connectivity index (χ2n) is 4.71. The van der Waals surface area contributed by atoms with Crippen LogP contribution < -0.4 is 5.73 Å². The molecule has 1 rings (SSSR count). The van der Waals surface area contributed by atoms with E-state index in [1.165, 1.54) is 4.90 Å². The van der Waals surface area contributed by atoms with Gasteiger partial charge in [-0.1, -0.05) is 0 Å². The minimum absolute atomic E-state index is 0.00280. The van der Waals surface area contributed by atoms with Crippen molar-refractivity contribution in [1.29, 1.82) is 0 Å². The van der Waals surface area contributed by atoms with Crippen LogP contribution in [0.3, 0.4) is 0 Å². The molecule has 96 valence electrons. The molecule has 0 aromatic rings. The van der Waals surface area contributed by atoms with Gasteiger partial charge in [0.25, 0.3) is 0 Å². The smallest absolute Gasteiger partial charge is 0.389 e. The lowest BCUT2D eigenvalue weighted by Gasteiger charge is -2.41. The number of rotatable bonds is 3. The fourth-order valence-corrected chi connectivity index (χ4v) is 2.24. The number of nitrogens with two attached hydrogens (primary N) is 1. The van der Waals surface area contributed by atoms with E-state index >= 15 is 0 Å². The largest absolute Gasteiger partial charge is 0.404 e. The van der Waals surface area contributed by atoms with Crippen LogP contribution in [-0.4, -0.2) is 47.5 Å². The first-order valence-electron chi connectivity index (χ1n) is 5.49. The van der Waals surface area contributed by atoms with E-state index < -0.39 is 17.8 Å². The second-order valence-corrected chi connectivity index (χ2v) is 4.71. The Balaban J connectivity index is 2.71. The molecule has 0 saturated carbocycles. The Morgan fingerprint density at radius 2 is 2.12 bits per heavy atom. The molecule has 1 heterocycles. The van der Waals surface area contributed by atoms with Crippen LogP contribution in [0.5, 0.6) is 0 Å². The van der Waals surface area contributed by atoms with Gasteiger partial charge in [-0.05, 0) is 39.3 Å². The Kier molecular flexibility index (Phi) is 4.20. The molecular formula is C10H19F3N2O. The van der Waals surface area contributed by atoms with Crippen LogP contribution in [0, 0.1) is 0 Å². The predicted molar refractivity (Wildman–Crippen MR) is 54.9 cm³/mol. The van der Waals surface area contributed by atoms with E-state index in [0.29, 0.717) is 19.4 Å². The first-order chi connectivity index (χ1) is 7.26. The van der Waals surface area contributed by atoms with Gasteiger partial charge < -0.3 is 10.8 Å². The molecule has 2 atom stereocenters. The van der Waals surface area contributed by atoms with Gasteiger partial charge in [0.05, 0.1) is 5.60 Å². The van der Waals surface area contributed by atoms with E-state index in [2.05, 4.69) is 0 Å². The first kappa shape index (κ1) is 13.7. The van der Waals surface area contributed by atoms with Gasteiger partial charge in [-0.2, -0.15) is 13.2 Å². The number of piperidine rings is 1. The molecule has 2 unspecified atom stereocenters. The summed E-state index contributed by atoms with van der Waals surface area (Å²) in [4.78, 5) is 1.30. The van der Waals surface area contributed by atoms with E-state index in [0.717, 1.165) is 0 Å². The fourth-order valence-electron chi connectivity index (χ4n) is 2.24. The minimum Gasteiger partial charge on any atom is -0.389 e. The number of aliphatic hydroxyl groups is 1. The molecule has 1 aliphatic heterocycles. The fraction of sp³-hybridized carbons (Fsp3) is 1.00. The molecule has 0 aliphatic carbocycles. The van der Waals surface area contributed by atoms with Gasteiger partial charge in [-0.15, -0.1) is 0 Å². The zero-order valence-electron chi connectivity index (χ0n) is 9.43. The quantitative estimate of drug-likeness (QED) is 0.777. The highest BCUT2D eigenvalue weighted by Gasteiger charge is 2.45. The Labute approximate surface area is 93.4 Å². The van der Waals surface area contributed by atoms with Crippen LogP contribution in [-0.2, 0) is 0 Å². The van der Waals surface area contributed by atoms with Crippen molar-refractivity contribution in [2.24, 2.45) is 5.73 Å². The maximum atomic E-state index is 12.8. The topological polar surface area (TPSA) is 49.5 Å². The van der Waals surface area contributed by atoms with E-state index in [1.54, 1.807) is 6.92 Å². The van der Waals surface area contributed by atoms with Crippen molar-refractivity contribution in [2.75, 3.05) is 19.6 Å². The van der Waals surface area contributed by atoms with Crippen molar-refractivity contribution in [3.63, 3.8) is 0 Å². The van der Waals surface area contributed by atoms with Crippen LogP contribution in [0.4, 0.5) is 13.2 Å². The van der Waals surface area contributed by atoms with Crippen LogP contribution in [0.25, 0.3) is 0 Å². The number of alkyl halides is 3. The summed E-state index contributed by atoms with van der Waals surface area (Å²) in [6.45, 7) is 2.02. The summed E-state index contributed by atoms with van der Waals surface area (Å²) in [6, 6.07) is -1.52. The SMILES string of the molecule is CC1(O)CCCN(C(CCN)C(F)(F)F)C1. The molecule has 1 aliphatic rings. The number of hydrogen-bond acceptors (Lipinski definition) is 3. The Bertz CT molecular complexity index is 231. The molecule has 16 heavy (non-hydrogen) atoms. The third-order valence-electron chi connectivity index (χ3n) is 2.96. The zero-order valence-corrected chi connectivity index (χ0v) is 9.43. The number of β-amino-alcohol motifs (C(OH)–C–C–N with tert-alkyl or cyclic N) is 1. The summed E-state index contributed by atoms with van der Waals surface area (Å²) in [6.07, 6.45) is -3.24. The highest BCUT2D eigenvalue weighted by molar-refractivity contribution is 4.89. The molecule has 3 N–H and O–H groups in total. The summed E-state index contributed by atoms with van der Waals surface area (Å²) >= 11 is 0. The molecule has 0 amide bonds. The van der Waals surface area contributed by atoms with E-state index in [4.69, 9.17) is 5.73 Å².